The normalized spacial score (nSPS) is 16.6. The Morgan fingerprint density at radius 2 is 0.600 bits per heavy atom. The molecule has 0 atom stereocenters. The number of halogens is 12. The van der Waals surface area contributed by atoms with Crippen LogP contribution in [0.4, 0.5) is 52.7 Å². The first-order valence-corrected chi connectivity index (χ1v) is 20.6. The van der Waals surface area contributed by atoms with Gasteiger partial charge in [0.05, 0.1) is 34.3 Å². The standard InChI is InChI=1S/C28H16BF12.C18H35N/c1-9-21(13(30)5-17(34)25(9)38)29(22-10(2)26(39)18(35)6-14(22)31,23-11(3)27(40)19(36)7-15(23)32)24-12(4)28(41)20(37)8-16(24)33;1-15(2)17(11-7-5-8-12-17)19-18(16(3)4)13-9-6-10-14-18/h5-8H,1-4H3;15-16,19H,5-14H2,1-4H3/q-1;/p+1. The molecule has 14 heteroatoms. The van der Waals surface area contributed by atoms with E-state index >= 15 is 35.1 Å². The fourth-order valence-corrected chi connectivity index (χ4v) is 10.7. The monoisotopic (exact) mass is 857 g/mol. The number of nitrogens with two attached hydrogens (primary N) is 1. The van der Waals surface area contributed by atoms with Crippen LogP contribution in [0.2, 0.25) is 0 Å². The van der Waals surface area contributed by atoms with Crippen molar-refractivity contribution < 1.29 is 58.0 Å². The molecule has 2 saturated carbocycles. The van der Waals surface area contributed by atoms with E-state index in [0.717, 1.165) is 11.8 Å². The predicted octanol–water partition coefficient (Wildman–Crippen LogP) is 10.2. The molecule has 60 heavy (non-hydrogen) atoms. The maximum Gasteiger partial charge on any atom is 0.161 e. The summed E-state index contributed by atoms with van der Waals surface area (Å²) in [5.41, 5.74) is -8.79. The number of quaternary nitrogens is 1. The maximum absolute atomic E-state index is 15.9. The Hall–Kier alpha value is -3.94. The van der Waals surface area contributed by atoms with E-state index in [0.29, 0.717) is 38.8 Å². The van der Waals surface area contributed by atoms with Gasteiger partial charge in [0.2, 0.25) is 0 Å². The SMILES string of the molecule is CC(C)C1([NH2+]C2(C(C)C)CCCCC2)CCCCC1.Cc1c(F)c(F)cc(F)c1[B-](c1c(F)cc(F)c(F)c1C)(c1c(F)cc(F)c(F)c1C)c1c(F)cc(F)c(F)c1C. The second-order valence-electron chi connectivity index (χ2n) is 17.7. The van der Waals surface area contributed by atoms with Crippen molar-refractivity contribution in [3.8, 4) is 0 Å². The van der Waals surface area contributed by atoms with Crippen molar-refractivity contribution in [3.05, 3.63) is 116 Å². The summed E-state index contributed by atoms with van der Waals surface area (Å²) in [7, 11) is 0. The molecule has 0 aliphatic heterocycles. The van der Waals surface area contributed by atoms with E-state index in [1.165, 1.54) is 64.2 Å². The van der Waals surface area contributed by atoms with Gasteiger partial charge in [-0.05, 0) is 75.6 Å². The largest absolute Gasteiger partial charge is 0.336 e. The predicted molar refractivity (Wildman–Crippen MR) is 212 cm³/mol. The first-order valence-electron chi connectivity index (χ1n) is 20.6. The van der Waals surface area contributed by atoms with Crippen LogP contribution >= 0.6 is 0 Å². The molecule has 0 amide bonds. The lowest BCUT2D eigenvalue weighted by molar-refractivity contribution is -0.806. The minimum atomic E-state index is -4.68. The molecule has 0 saturated heterocycles. The van der Waals surface area contributed by atoms with Crippen LogP contribution in [0.5, 0.6) is 0 Å². The molecule has 1 nitrogen and oxygen atoms in total. The fourth-order valence-electron chi connectivity index (χ4n) is 10.7. The molecule has 0 bridgehead atoms. The average Bonchev–Trinajstić information content (AvgIpc) is 3.18. The Balaban J connectivity index is 0.000000299. The van der Waals surface area contributed by atoms with Crippen LogP contribution in [0.15, 0.2) is 24.3 Å². The average molecular weight is 858 g/mol. The van der Waals surface area contributed by atoms with E-state index < -0.39 is 120 Å². The van der Waals surface area contributed by atoms with Crippen LogP contribution in [0, 0.1) is 109 Å². The van der Waals surface area contributed by atoms with Gasteiger partial charge in [0.25, 0.3) is 0 Å². The third-order valence-electron chi connectivity index (χ3n) is 14.0. The van der Waals surface area contributed by atoms with Gasteiger partial charge in [0, 0.05) is 61.8 Å². The summed E-state index contributed by atoms with van der Waals surface area (Å²) in [6.45, 7) is 12.6. The number of hydrogen-bond donors (Lipinski definition) is 1. The molecule has 0 spiro atoms. The Morgan fingerprint density at radius 3 is 0.800 bits per heavy atom. The van der Waals surface area contributed by atoms with Crippen molar-refractivity contribution in [2.45, 2.75) is 131 Å². The van der Waals surface area contributed by atoms with E-state index in [4.69, 9.17) is 0 Å². The topological polar surface area (TPSA) is 16.6 Å². The van der Waals surface area contributed by atoms with Gasteiger partial charge in [-0.25, -0.2) is 52.7 Å². The summed E-state index contributed by atoms with van der Waals surface area (Å²) < 4.78 is 181. The third-order valence-corrected chi connectivity index (χ3v) is 14.0. The second kappa shape index (κ2) is 17.8. The van der Waals surface area contributed by atoms with Crippen molar-refractivity contribution in [2.24, 2.45) is 11.8 Å². The van der Waals surface area contributed by atoms with E-state index in [2.05, 4.69) is 33.0 Å². The van der Waals surface area contributed by atoms with Gasteiger partial charge in [0.15, 0.2) is 46.5 Å². The summed E-state index contributed by atoms with van der Waals surface area (Å²) in [6.07, 6.45) is 9.93. The van der Waals surface area contributed by atoms with Crippen molar-refractivity contribution in [3.63, 3.8) is 0 Å². The zero-order chi connectivity index (χ0) is 44.8. The summed E-state index contributed by atoms with van der Waals surface area (Å²) in [5, 5.41) is 2.91. The van der Waals surface area contributed by atoms with Gasteiger partial charge in [-0.2, -0.15) is 21.9 Å². The van der Waals surface area contributed by atoms with Gasteiger partial charge < -0.3 is 5.32 Å². The molecule has 6 rings (SSSR count). The third kappa shape index (κ3) is 7.99. The Bertz CT molecular complexity index is 1970. The van der Waals surface area contributed by atoms with Crippen LogP contribution in [0.25, 0.3) is 0 Å². The molecule has 2 aliphatic carbocycles. The Morgan fingerprint density at radius 1 is 0.383 bits per heavy atom. The molecule has 4 aromatic carbocycles. The lowest BCUT2D eigenvalue weighted by Crippen LogP contribution is -3.08. The highest BCUT2D eigenvalue weighted by Crippen LogP contribution is 2.37. The van der Waals surface area contributed by atoms with E-state index in [1.807, 2.05) is 0 Å². The van der Waals surface area contributed by atoms with Crippen LogP contribution in [0.3, 0.4) is 0 Å². The van der Waals surface area contributed by atoms with Crippen LogP contribution in [-0.4, -0.2) is 17.2 Å². The second-order valence-corrected chi connectivity index (χ2v) is 17.7. The van der Waals surface area contributed by atoms with Crippen LogP contribution in [-0.2, 0) is 0 Å². The van der Waals surface area contributed by atoms with E-state index in [1.54, 1.807) is 0 Å². The first-order chi connectivity index (χ1) is 28.0. The summed E-state index contributed by atoms with van der Waals surface area (Å²) in [6, 6.07) is -0.494. The van der Waals surface area contributed by atoms with E-state index in [-0.39, 0.29) is 24.3 Å². The zero-order valence-electron chi connectivity index (χ0n) is 35.2. The van der Waals surface area contributed by atoms with Gasteiger partial charge >= 0.3 is 0 Å². The van der Waals surface area contributed by atoms with Gasteiger partial charge in [-0.3, -0.25) is 0 Å². The molecule has 2 fully saturated rings. The molecule has 0 unspecified atom stereocenters. The lowest BCUT2D eigenvalue weighted by Gasteiger charge is -2.49. The molecule has 0 aromatic heterocycles. The highest BCUT2D eigenvalue weighted by atomic mass is 19.2. The van der Waals surface area contributed by atoms with Crippen molar-refractivity contribution >= 4 is 28.0 Å². The molecule has 0 heterocycles. The summed E-state index contributed by atoms with van der Waals surface area (Å²) in [5.74, 6) is -20.7. The summed E-state index contributed by atoms with van der Waals surface area (Å²) >= 11 is 0. The highest BCUT2D eigenvalue weighted by molar-refractivity contribution is 7.20. The number of rotatable bonds is 8. The first kappa shape index (κ1) is 47.1. The van der Waals surface area contributed by atoms with Gasteiger partial charge in [-0.1, -0.05) is 40.5 Å². The Labute approximate surface area is 344 Å². The van der Waals surface area contributed by atoms with Crippen LogP contribution in [0.1, 0.15) is 114 Å². The minimum Gasteiger partial charge on any atom is -0.336 e. The maximum atomic E-state index is 15.9. The lowest BCUT2D eigenvalue weighted by atomic mass is 9.11. The molecule has 2 aliphatic rings. The molecular formula is C46H52BF12N. The van der Waals surface area contributed by atoms with Gasteiger partial charge in [-0.15, -0.1) is 0 Å². The molecule has 2 N–H and O–H groups in total. The van der Waals surface area contributed by atoms with E-state index in [9.17, 15) is 17.6 Å². The smallest absolute Gasteiger partial charge is 0.161 e. The number of hydrogen-bond acceptors (Lipinski definition) is 0. The van der Waals surface area contributed by atoms with Crippen molar-refractivity contribution in [1.82, 2.24) is 0 Å². The highest BCUT2D eigenvalue weighted by Gasteiger charge is 2.49. The summed E-state index contributed by atoms with van der Waals surface area (Å²) in [4.78, 5) is 0. The molecular weight excluding hydrogens is 805 g/mol. The van der Waals surface area contributed by atoms with Crippen molar-refractivity contribution in [1.29, 1.82) is 0 Å². The quantitative estimate of drug-likeness (QED) is 0.103. The molecule has 4 aromatic rings. The zero-order valence-corrected chi connectivity index (χ0v) is 35.2. The minimum absolute atomic E-state index is 0.123. The Kier molecular flexibility index (Phi) is 14.0. The molecule has 0 radical (unpaired) electrons. The van der Waals surface area contributed by atoms with Crippen molar-refractivity contribution in [2.75, 3.05) is 0 Å². The number of benzene rings is 4. The van der Waals surface area contributed by atoms with Gasteiger partial charge in [0.1, 0.15) is 6.15 Å². The fraction of sp³-hybridized carbons (Fsp3) is 0.478. The van der Waals surface area contributed by atoms with Crippen LogP contribution < -0.4 is 27.2 Å². The molecule has 328 valence electrons.